The zero-order chi connectivity index (χ0) is 19.2. The van der Waals surface area contributed by atoms with Gasteiger partial charge in [0.25, 0.3) is 5.91 Å². The summed E-state index contributed by atoms with van der Waals surface area (Å²) < 4.78 is 10.6. The number of anilines is 1. The highest BCUT2D eigenvalue weighted by Gasteiger charge is 2.36. The number of hydrazine groups is 1. The van der Waals surface area contributed by atoms with E-state index < -0.39 is 18.0 Å². The zero-order valence-electron chi connectivity index (χ0n) is 15.3. The maximum absolute atomic E-state index is 12.6. The molecule has 1 fully saturated rings. The molecule has 0 spiro atoms. The molecule has 1 aliphatic rings. The van der Waals surface area contributed by atoms with Crippen LogP contribution in [0.5, 0.6) is 5.75 Å². The van der Waals surface area contributed by atoms with Crippen LogP contribution >= 0.6 is 0 Å². The van der Waals surface area contributed by atoms with E-state index in [4.69, 9.17) is 9.47 Å². The monoisotopic (exact) mass is 369 g/mol. The molecule has 0 aromatic heterocycles. The summed E-state index contributed by atoms with van der Waals surface area (Å²) in [5.41, 5.74) is 7.67. The number of esters is 1. The zero-order valence-corrected chi connectivity index (χ0v) is 15.3. The van der Waals surface area contributed by atoms with Gasteiger partial charge < -0.3 is 14.8 Å². The lowest BCUT2D eigenvalue weighted by molar-refractivity contribution is -0.157. The Morgan fingerprint density at radius 1 is 1.11 bits per heavy atom. The van der Waals surface area contributed by atoms with E-state index in [9.17, 15) is 9.59 Å². The van der Waals surface area contributed by atoms with Gasteiger partial charge in [0, 0.05) is 12.2 Å². The number of carbonyl (C=O) groups is 2. The van der Waals surface area contributed by atoms with Gasteiger partial charge in [0.2, 0.25) is 0 Å². The second-order valence-corrected chi connectivity index (χ2v) is 6.32. The number of para-hydroxylation sites is 1. The first-order valence-electron chi connectivity index (χ1n) is 8.77. The Bertz CT molecular complexity index is 780. The van der Waals surface area contributed by atoms with E-state index in [1.54, 1.807) is 26.2 Å². The molecule has 1 heterocycles. The SMILES string of the molecule is COc1ccc(C2NNCC2C(=O)OC(C)C(=O)Nc2ccccc2)cc1. The van der Waals surface area contributed by atoms with Crippen molar-refractivity contribution in [3.8, 4) is 5.75 Å². The molecule has 3 N–H and O–H groups in total. The Labute approximate surface area is 158 Å². The standard InChI is InChI=1S/C20H23N3O4/c1-13(19(24)22-15-6-4-3-5-7-15)27-20(25)17-12-21-23-18(17)14-8-10-16(26-2)11-9-14/h3-11,13,17-18,21,23H,12H2,1-2H3,(H,22,24). The quantitative estimate of drug-likeness (QED) is 0.675. The molecule has 7 heteroatoms. The first-order valence-corrected chi connectivity index (χ1v) is 8.77. The van der Waals surface area contributed by atoms with Gasteiger partial charge in [0.05, 0.1) is 19.1 Å². The largest absolute Gasteiger partial charge is 0.497 e. The predicted molar refractivity (Wildman–Crippen MR) is 101 cm³/mol. The lowest BCUT2D eigenvalue weighted by Gasteiger charge is -2.20. The van der Waals surface area contributed by atoms with Gasteiger partial charge in [-0.2, -0.15) is 0 Å². The van der Waals surface area contributed by atoms with Crippen molar-refractivity contribution in [1.29, 1.82) is 0 Å². The third-order valence-electron chi connectivity index (χ3n) is 4.46. The van der Waals surface area contributed by atoms with Crippen molar-refractivity contribution in [2.24, 2.45) is 5.92 Å². The van der Waals surface area contributed by atoms with Crippen LogP contribution in [-0.4, -0.2) is 31.6 Å². The molecule has 1 saturated heterocycles. The molecule has 2 aromatic carbocycles. The van der Waals surface area contributed by atoms with Crippen LogP contribution in [0.1, 0.15) is 18.5 Å². The van der Waals surface area contributed by atoms with Gasteiger partial charge in [0.1, 0.15) is 5.75 Å². The maximum Gasteiger partial charge on any atom is 0.313 e. The Balaban J connectivity index is 1.61. The van der Waals surface area contributed by atoms with Gasteiger partial charge >= 0.3 is 5.97 Å². The summed E-state index contributed by atoms with van der Waals surface area (Å²) in [4.78, 5) is 24.9. The van der Waals surface area contributed by atoms with Gasteiger partial charge in [-0.15, -0.1) is 0 Å². The molecule has 3 unspecified atom stereocenters. The van der Waals surface area contributed by atoms with Crippen LogP contribution in [0.25, 0.3) is 0 Å². The fourth-order valence-electron chi connectivity index (χ4n) is 2.92. The van der Waals surface area contributed by atoms with E-state index >= 15 is 0 Å². The van der Waals surface area contributed by atoms with Gasteiger partial charge in [-0.25, -0.2) is 5.43 Å². The summed E-state index contributed by atoms with van der Waals surface area (Å²) in [6.45, 7) is 1.98. The van der Waals surface area contributed by atoms with Gasteiger partial charge in [-0.05, 0) is 36.8 Å². The number of ether oxygens (including phenoxy) is 2. The molecule has 2 aromatic rings. The molecule has 3 atom stereocenters. The predicted octanol–water partition coefficient (Wildman–Crippen LogP) is 2.03. The Morgan fingerprint density at radius 3 is 2.48 bits per heavy atom. The van der Waals surface area contributed by atoms with E-state index in [-0.39, 0.29) is 11.9 Å². The summed E-state index contributed by atoms with van der Waals surface area (Å²) in [6, 6.07) is 16.3. The molecule has 0 aliphatic carbocycles. The number of rotatable bonds is 6. The van der Waals surface area contributed by atoms with E-state index in [1.165, 1.54) is 0 Å². The van der Waals surface area contributed by atoms with Crippen LogP contribution in [0.4, 0.5) is 5.69 Å². The third kappa shape index (κ3) is 4.64. The Morgan fingerprint density at radius 2 is 1.81 bits per heavy atom. The van der Waals surface area contributed by atoms with E-state index in [0.29, 0.717) is 12.2 Å². The minimum Gasteiger partial charge on any atom is -0.497 e. The fourth-order valence-corrected chi connectivity index (χ4v) is 2.92. The molecule has 7 nitrogen and oxygen atoms in total. The number of hydrogen-bond acceptors (Lipinski definition) is 6. The summed E-state index contributed by atoms with van der Waals surface area (Å²) in [5.74, 6) is -0.487. The Hall–Kier alpha value is -2.90. The molecule has 0 saturated carbocycles. The van der Waals surface area contributed by atoms with E-state index in [0.717, 1.165) is 11.3 Å². The summed E-state index contributed by atoms with van der Waals surface area (Å²) >= 11 is 0. The lowest BCUT2D eigenvalue weighted by Crippen LogP contribution is -2.34. The van der Waals surface area contributed by atoms with Crippen molar-refractivity contribution >= 4 is 17.6 Å². The van der Waals surface area contributed by atoms with Crippen molar-refractivity contribution in [2.75, 3.05) is 19.0 Å². The van der Waals surface area contributed by atoms with E-state index in [1.807, 2.05) is 42.5 Å². The highest BCUT2D eigenvalue weighted by Crippen LogP contribution is 2.27. The molecule has 1 aliphatic heterocycles. The topological polar surface area (TPSA) is 88.7 Å². The van der Waals surface area contributed by atoms with Crippen LogP contribution in [0.2, 0.25) is 0 Å². The highest BCUT2D eigenvalue weighted by atomic mass is 16.5. The van der Waals surface area contributed by atoms with Crippen molar-refractivity contribution in [2.45, 2.75) is 19.1 Å². The van der Waals surface area contributed by atoms with Crippen molar-refractivity contribution < 1.29 is 19.1 Å². The van der Waals surface area contributed by atoms with Gasteiger partial charge in [0.15, 0.2) is 6.10 Å². The number of amides is 1. The number of hydrogen-bond donors (Lipinski definition) is 3. The van der Waals surface area contributed by atoms with Gasteiger partial charge in [-0.3, -0.25) is 15.0 Å². The molecule has 27 heavy (non-hydrogen) atoms. The van der Waals surface area contributed by atoms with Crippen LogP contribution in [-0.2, 0) is 14.3 Å². The highest BCUT2D eigenvalue weighted by molar-refractivity contribution is 5.95. The normalized spacial score (nSPS) is 19.9. The number of benzene rings is 2. The number of nitrogens with one attached hydrogen (secondary N) is 3. The van der Waals surface area contributed by atoms with Crippen molar-refractivity contribution in [3.63, 3.8) is 0 Å². The lowest BCUT2D eigenvalue weighted by atomic mass is 9.95. The van der Waals surface area contributed by atoms with Crippen LogP contribution in [0, 0.1) is 5.92 Å². The summed E-state index contributed by atoms with van der Waals surface area (Å²) in [7, 11) is 1.60. The first-order chi connectivity index (χ1) is 13.1. The minimum atomic E-state index is -0.894. The molecular weight excluding hydrogens is 346 g/mol. The summed E-state index contributed by atoms with van der Waals surface area (Å²) in [6.07, 6.45) is -0.894. The van der Waals surface area contributed by atoms with E-state index in [2.05, 4.69) is 16.2 Å². The van der Waals surface area contributed by atoms with Crippen LogP contribution in [0.3, 0.4) is 0 Å². The van der Waals surface area contributed by atoms with Crippen LogP contribution < -0.4 is 20.9 Å². The fraction of sp³-hybridized carbons (Fsp3) is 0.300. The van der Waals surface area contributed by atoms with Crippen LogP contribution in [0.15, 0.2) is 54.6 Å². The van der Waals surface area contributed by atoms with Crippen molar-refractivity contribution in [1.82, 2.24) is 10.9 Å². The molecule has 142 valence electrons. The molecule has 0 bridgehead atoms. The average molecular weight is 369 g/mol. The average Bonchev–Trinajstić information content (AvgIpc) is 3.18. The maximum atomic E-state index is 12.6. The Kier molecular flexibility index (Phi) is 6.05. The summed E-state index contributed by atoms with van der Waals surface area (Å²) in [5, 5.41) is 2.73. The molecular formula is C20H23N3O4. The second-order valence-electron chi connectivity index (χ2n) is 6.32. The molecule has 3 rings (SSSR count). The first kappa shape index (κ1) is 18.9. The minimum absolute atomic E-state index is 0.243. The van der Waals surface area contributed by atoms with Crippen molar-refractivity contribution in [3.05, 3.63) is 60.2 Å². The molecule has 1 amide bonds. The van der Waals surface area contributed by atoms with Gasteiger partial charge in [-0.1, -0.05) is 30.3 Å². The molecule has 0 radical (unpaired) electrons. The number of carbonyl (C=O) groups excluding carboxylic acids is 2. The smallest absolute Gasteiger partial charge is 0.313 e. The third-order valence-corrected chi connectivity index (χ3v) is 4.46. The second kappa shape index (κ2) is 8.66. The number of methoxy groups -OCH3 is 1.